The van der Waals surface area contributed by atoms with Crippen LogP contribution in [0.4, 0.5) is 0 Å². The molecule has 4 rings (SSSR count). The molecule has 2 aromatic carbocycles. The largest absolute Gasteiger partial charge is 0.336 e. The number of amides is 1. The average molecular weight is 442 g/mol. The van der Waals surface area contributed by atoms with Crippen molar-refractivity contribution in [2.45, 2.75) is 43.7 Å². The Morgan fingerprint density at radius 3 is 2.39 bits per heavy atom. The molecule has 0 aliphatic carbocycles. The second kappa shape index (κ2) is 9.51. The molecule has 0 aromatic heterocycles. The predicted molar refractivity (Wildman–Crippen MR) is 121 cm³/mol. The molecule has 0 N–H and O–H groups in total. The van der Waals surface area contributed by atoms with Crippen LogP contribution in [-0.2, 0) is 16.6 Å². The molecule has 2 heterocycles. The zero-order valence-electron chi connectivity index (χ0n) is 18.1. The van der Waals surface area contributed by atoms with E-state index in [4.69, 9.17) is 0 Å². The van der Waals surface area contributed by atoms with Gasteiger partial charge < -0.3 is 4.90 Å². The summed E-state index contributed by atoms with van der Waals surface area (Å²) in [6.07, 6.45) is 2.82. The molecule has 1 atom stereocenters. The molecule has 6 nitrogen and oxygen atoms in total. The molecule has 0 saturated carbocycles. The van der Waals surface area contributed by atoms with E-state index < -0.39 is 10.0 Å². The van der Waals surface area contributed by atoms with Crippen molar-refractivity contribution in [1.82, 2.24) is 14.1 Å². The molecular formula is C24H31N3O3S. The maximum absolute atomic E-state index is 13.2. The van der Waals surface area contributed by atoms with E-state index in [0.717, 1.165) is 38.9 Å². The lowest BCUT2D eigenvalue weighted by atomic mass is 10.1. The summed E-state index contributed by atoms with van der Waals surface area (Å²) in [5.74, 6) is -0.0943. The molecule has 2 aliphatic rings. The van der Waals surface area contributed by atoms with E-state index in [1.54, 1.807) is 28.6 Å². The topological polar surface area (TPSA) is 60.9 Å². The zero-order valence-corrected chi connectivity index (χ0v) is 18.9. The summed E-state index contributed by atoms with van der Waals surface area (Å²) >= 11 is 0. The average Bonchev–Trinajstić information content (AvgIpc) is 2.80. The highest BCUT2D eigenvalue weighted by Gasteiger charge is 2.31. The Kier molecular flexibility index (Phi) is 6.74. The van der Waals surface area contributed by atoms with E-state index in [-0.39, 0.29) is 16.8 Å². The number of benzene rings is 2. The predicted octanol–water partition coefficient (Wildman–Crippen LogP) is 3.21. The molecule has 2 aromatic rings. The van der Waals surface area contributed by atoms with Crippen LogP contribution in [0.5, 0.6) is 0 Å². The maximum atomic E-state index is 13.2. The molecule has 0 bridgehead atoms. The van der Waals surface area contributed by atoms with Crippen LogP contribution in [0.15, 0.2) is 59.5 Å². The van der Waals surface area contributed by atoms with Gasteiger partial charge in [0.05, 0.1) is 4.90 Å². The van der Waals surface area contributed by atoms with Gasteiger partial charge in [-0.1, -0.05) is 42.8 Å². The lowest BCUT2D eigenvalue weighted by Gasteiger charge is -2.35. The minimum absolute atomic E-state index is 0.00389. The number of piperidine rings is 1. The molecule has 1 unspecified atom stereocenters. The first-order chi connectivity index (χ1) is 14.9. The molecule has 31 heavy (non-hydrogen) atoms. The van der Waals surface area contributed by atoms with Crippen LogP contribution in [0.3, 0.4) is 0 Å². The number of piperazine rings is 1. The summed E-state index contributed by atoms with van der Waals surface area (Å²) < 4.78 is 27.9. The van der Waals surface area contributed by atoms with Gasteiger partial charge in [-0.3, -0.25) is 9.69 Å². The lowest BCUT2D eigenvalue weighted by molar-refractivity contribution is 0.0628. The van der Waals surface area contributed by atoms with Crippen LogP contribution < -0.4 is 0 Å². The van der Waals surface area contributed by atoms with Crippen molar-refractivity contribution in [2.75, 3.05) is 32.7 Å². The summed E-state index contributed by atoms with van der Waals surface area (Å²) in [6.45, 7) is 6.29. The van der Waals surface area contributed by atoms with E-state index >= 15 is 0 Å². The Morgan fingerprint density at radius 1 is 0.935 bits per heavy atom. The van der Waals surface area contributed by atoms with Gasteiger partial charge in [0, 0.05) is 50.9 Å². The Balaban J connectivity index is 1.42. The standard InChI is InChI=1S/C24H31N3O3S/c1-20-8-5-6-13-27(20)31(29,30)23-12-7-11-22(18-23)24(28)26-16-14-25(15-17-26)19-21-9-3-2-4-10-21/h2-4,7,9-12,18,20H,5-6,8,13-17,19H2,1H3. The first kappa shape index (κ1) is 22.0. The quantitative estimate of drug-likeness (QED) is 0.715. The van der Waals surface area contributed by atoms with E-state index in [2.05, 4.69) is 17.0 Å². The van der Waals surface area contributed by atoms with Crippen molar-refractivity contribution < 1.29 is 13.2 Å². The summed E-state index contributed by atoms with van der Waals surface area (Å²) in [7, 11) is -3.59. The van der Waals surface area contributed by atoms with Crippen molar-refractivity contribution in [3.8, 4) is 0 Å². The Hall–Kier alpha value is -2.22. The van der Waals surface area contributed by atoms with Gasteiger partial charge in [0.15, 0.2) is 0 Å². The Morgan fingerprint density at radius 2 is 1.68 bits per heavy atom. The van der Waals surface area contributed by atoms with Crippen LogP contribution in [0.2, 0.25) is 0 Å². The molecule has 2 fully saturated rings. The van der Waals surface area contributed by atoms with Gasteiger partial charge in [-0.2, -0.15) is 4.31 Å². The summed E-state index contributed by atoms with van der Waals surface area (Å²) in [5, 5.41) is 0. The fraction of sp³-hybridized carbons (Fsp3) is 0.458. The second-order valence-electron chi connectivity index (χ2n) is 8.54. The highest BCUT2D eigenvalue weighted by molar-refractivity contribution is 7.89. The number of carbonyl (C=O) groups is 1. The number of sulfonamides is 1. The summed E-state index contributed by atoms with van der Waals surface area (Å²) in [6, 6.07) is 16.9. The van der Waals surface area contributed by atoms with Gasteiger partial charge in [0.2, 0.25) is 10.0 Å². The molecule has 166 valence electrons. The van der Waals surface area contributed by atoms with E-state index in [1.165, 1.54) is 5.56 Å². The van der Waals surface area contributed by atoms with Crippen molar-refractivity contribution in [2.24, 2.45) is 0 Å². The first-order valence-corrected chi connectivity index (χ1v) is 12.6. The fourth-order valence-corrected chi connectivity index (χ4v) is 6.23. The summed E-state index contributed by atoms with van der Waals surface area (Å²) in [4.78, 5) is 17.5. The highest BCUT2D eigenvalue weighted by Crippen LogP contribution is 2.26. The monoisotopic (exact) mass is 441 g/mol. The molecule has 2 saturated heterocycles. The highest BCUT2D eigenvalue weighted by atomic mass is 32.2. The van der Waals surface area contributed by atoms with Crippen molar-refractivity contribution in [1.29, 1.82) is 0 Å². The van der Waals surface area contributed by atoms with E-state index in [1.807, 2.05) is 30.0 Å². The van der Waals surface area contributed by atoms with Gasteiger partial charge in [-0.05, 0) is 43.5 Å². The van der Waals surface area contributed by atoms with Crippen molar-refractivity contribution in [3.63, 3.8) is 0 Å². The SMILES string of the molecule is CC1CCCCN1S(=O)(=O)c1cccc(C(=O)N2CCN(Cc3ccccc3)CC2)c1. The normalized spacial score (nSPS) is 21.2. The number of rotatable bonds is 5. The van der Waals surface area contributed by atoms with Gasteiger partial charge >= 0.3 is 0 Å². The Bertz CT molecular complexity index is 1000. The van der Waals surface area contributed by atoms with Crippen LogP contribution >= 0.6 is 0 Å². The van der Waals surface area contributed by atoms with E-state index in [0.29, 0.717) is 25.2 Å². The van der Waals surface area contributed by atoms with E-state index in [9.17, 15) is 13.2 Å². The third kappa shape index (κ3) is 5.00. The van der Waals surface area contributed by atoms with Gasteiger partial charge in [0.25, 0.3) is 5.91 Å². The van der Waals surface area contributed by atoms with Gasteiger partial charge in [-0.25, -0.2) is 8.42 Å². The van der Waals surface area contributed by atoms with Crippen molar-refractivity contribution >= 4 is 15.9 Å². The van der Waals surface area contributed by atoms with Gasteiger partial charge in [-0.15, -0.1) is 0 Å². The van der Waals surface area contributed by atoms with Crippen LogP contribution in [0.25, 0.3) is 0 Å². The smallest absolute Gasteiger partial charge is 0.253 e. The molecule has 0 radical (unpaired) electrons. The van der Waals surface area contributed by atoms with Gasteiger partial charge in [0.1, 0.15) is 0 Å². The molecule has 2 aliphatic heterocycles. The van der Waals surface area contributed by atoms with Crippen LogP contribution in [0, 0.1) is 0 Å². The molecule has 1 amide bonds. The minimum atomic E-state index is -3.59. The summed E-state index contributed by atoms with van der Waals surface area (Å²) in [5.41, 5.74) is 1.72. The lowest BCUT2D eigenvalue weighted by Crippen LogP contribution is -2.48. The molecular weight excluding hydrogens is 410 g/mol. The van der Waals surface area contributed by atoms with Crippen LogP contribution in [0.1, 0.15) is 42.1 Å². The second-order valence-corrected chi connectivity index (χ2v) is 10.4. The third-order valence-electron chi connectivity index (χ3n) is 6.34. The number of nitrogens with zero attached hydrogens (tertiary/aromatic N) is 3. The zero-order chi connectivity index (χ0) is 21.8. The van der Waals surface area contributed by atoms with Crippen molar-refractivity contribution in [3.05, 3.63) is 65.7 Å². The molecule has 0 spiro atoms. The fourth-order valence-electron chi connectivity index (χ4n) is 4.49. The first-order valence-electron chi connectivity index (χ1n) is 11.1. The third-order valence-corrected chi connectivity index (χ3v) is 8.35. The minimum Gasteiger partial charge on any atom is -0.336 e. The number of hydrogen-bond acceptors (Lipinski definition) is 4. The van der Waals surface area contributed by atoms with Crippen LogP contribution in [-0.4, -0.2) is 67.2 Å². The Labute approximate surface area is 185 Å². The number of carbonyl (C=O) groups excluding carboxylic acids is 1. The maximum Gasteiger partial charge on any atom is 0.253 e. The number of hydrogen-bond donors (Lipinski definition) is 0. The molecule has 7 heteroatoms.